The molecule has 22 heavy (non-hydrogen) atoms. The SMILES string of the molecule is CN=C(NCC(C)c1ccsc1)NC1CN(C(C)C)CC1C. The van der Waals surface area contributed by atoms with E-state index in [1.54, 1.807) is 11.3 Å². The summed E-state index contributed by atoms with van der Waals surface area (Å²) in [5.41, 5.74) is 1.40. The van der Waals surface area contributed by atoms with Gasteiger partial charge < -0.3 is 10.6 Å². The van der Waals surface area contributed by atoms with Crippen LogP contribution in [-0.2, 0) is 0 Å². The molecule has 4 nitrogen and oxygen atoms in total. The van der Waals surface area contributed by atoms with E-state index in [-0.39, 0.29) is 0 Å². The molecule has 124 valence electrons. The molecule has 1 aliphatic heterocycles. The van der Waals surface area contributed by atoms with E-state index < -0.39 is 0 Å². The Hall–Kier alpha value is -1.07. The highest BCUT2D eigenvalue weighted by Gasteiger charge is 2.31. The number of nitrogens with one attached hydrogen (secondary N) is 2. The summed E-state index contributed by atoms with van der Waals surface area (Å²) >= 11 is 1.76. The van der Waals surface area contributed by atoms with Gasteiger partial charge in [0.25, 0.3) is 0 Å². The number of hydrogen-bond donors (Lipinski definition) is 2. The number of hydrogen-bond acceptors (Lipinski definition) is 3. The van der Waals surface area contributed by atoms with Crippen LogP contribution in [0.2, 0.25) is 0 Å². The first kappa shape index (κ1) is 17.3. The maximum absolute atomic E-state index is 4.39. The summed E-state index contributed by atoms with van der Waals surface area (Å²) in [6.45, 7) is 12.3. The Bertz CT molecular complexity index is 469. The second kappa shape index (κ2) is 7.97. The normalized spacial score (nSPS) is 24.7. The molecule has 0 spiro atoms. The second-order valence-electron chi connectivity index (χ2n) is 6.69. The van der Waals surface area contributed by atoms with E-state index in [1.165, 1.54) is 5.56 Å². The van der Waals surface area contributed by atoms with Crippen molar-refractivity contribution in [1.82, 2.24) is 15.5 Å². The summed E-state index contributed by atoms with van der Waals surface area (Å²) in [5.74, 6) is 2.07. The Morgan fingerprint density at radius 2 is 2.18 bits per heavy atom. The minimum atomic E-state index is 0.477. The van der Waals surface area contributed by atoms with Crippen LogP contribution in [0.5, 0.6) is 0 Å². The molecule has 1 aromatic rings. The first-order valence-electron chi connectivity index (χ1n) is 8.24. The van der Waals surface area contributed by atoms with Gasteiger partial charge in [-0.2, -0.15) is 11.3 Å². The van der Waals surface area contributed by atoms with E-state index in [0.717, 1.165) is 25.6 Å². The molecule has 1 aromatic heterocycles. The van der Waals surface area contributed by atoms with Crippen molar-refractivity contribution in [2.24, 2.45) is 10.9 Å². The number of aliphatic imine (C=N–C) groups is 1. The highest BCUT2D eigenvalue weighted by molar-refractivity contribution is 7.07. The number of nitrogens with zero attached hydrogens (tertiary/aromatic N) is 2. The number of guanidine groups is 1. The quantitative estimate of drug-likeness (QED) is 0.647. The number of thiophene rings is 1. The van der Waals surface area contributed by atoms with Gasteiger partial charge in [0.2, 0.25) is 0 Å². The maximum atomic E-state index is 4.39. The fraction of sp³-hybridized carbons (Fsp3) is 0.706. The molecular formula is C17H30N4S. The van der Waals surface area contributed by atoms with Gasteiger partial charge in [-0.15, -0.1) is 0 Å². The molecule has 5 heteroatoms. The van der Waals surface area contributed by atoms with Crippen LogP contribution in [0.15, 0.2) is 21.8 Å². The van der Waals surface area contributed by atoms with E-state index in [0.29, 0.717) is 23.9 Å². The van der Waals surface area contributed by atoms with Crippen molar-refractivity contribution in [3.8, 4) is 0 Å². The van der Waals surface area contributed by atoms with E-state index in [9.17, 15) is 0 Å². The van der Waals surface area contributed by atoms with E-state index >= 15 is 0 Å². The maximum Gasteiger partial charge on any atom is 0.191 e. The Morgan fingerprint density at radius 1 is 1.41 bits per heavy atom. The van der Waals surface area contributed by atoms with Gasteiger partial charge in [0.05, 0.1) is 0 Å². The van der Waals surface area contributed by atoms with E-state index in [4.69, 9.17) is 0 Å². The van der Waals surface area contributed by atoms with Crippen molar-refractivity contribution in [3.63, 3.8) is 0 Å². The molecule has 1 fully saturated rings. The predicted octanol–water partition coefficient (Wildman–Crippen LogP) is 2.75. The average Bonchev–Trinajstić information content (AvgIpc) is 3.13. The predicted molar refractivity (Wildman–Crippen MR) is 96.9 cm³/mol. The lowest BCUT2D eigenvalue weighted by Crippen LogP contribution is -2.47. The summed E-state index contributed by atoms with van der Waals surface area (Å²) < 4.78 is 0. The van der Waals surface area contributed by atoms with Crippen LogP contribution in [0.4, 0.5) is 0 Å². The van der Waals surface area contributed by atoms with Gasteiger partial charge in [-0.1, -0.05) is 13.8 Å². The van der Waals surface area contributed by atoms with Crippen molar-refractivity contribution in [2.75, 3.05) is 26.7 Å². The van der Waals surface area contributed by atoms with Crippen LogP contribution in [0.3, 0.4) is 0 Å². The zero-order valence-electron chi connectivity index (χ0n) is 14.5. The standard InChI is InChI=1S/C17H30N4S/c1-12(2)21-9-14(4)16(10-21)20-17(18-5)19-8-13(3)15-6-7-22-11-15/h6-7,11-14,16H,8-10H2,1-5H3,(H2,18,19,20). The van der Waals surface area contributed by atoms with Crippen LogP contribution in [0, 0.1) is 5.92 Å². The number of rotatable bonds is 5. The fourth-order valence-corrected chi connectivity index (χ4v) is 3.69. The molecule has 1 saturated heterocycles. The summed E-state index contributed by atoms with van der Waals surface area (Å²) in [7, 11) is 1.85. The molecule has 2 heterocycles. The van der Waals surface area contributed by atoms with Crippen LogP contribution in [-0.4, -0.2) is 49.6 Å². The van der Waals surface area contributed by atoms with Crippen LogP contribution in [0.1, 0.15) is 39.2 Å². The Labute approximate surface area is 139 Å². The third-order valence-corrected chi connectivity index (χ3v) is 5.31. The zero-order valence-corrected chi connectivity index (χ0v) is 15.3. The molecule has 0 bridgehead atoms. The molecule has 1 aliphatic rings. The van der Waals surface area contributed by atoms with Gasteiger partial charge in [0.15, 0.2) is 5.96 Å². The number of likely N-dealkylation sites (tertiary alicyclic amines) is 1. The van der Waals surface area contributed by atoms with Crippen molar-refractivity contribution in [3.05, 3.63) is 22.4 Å². The van der Waals surface area contributed by atoms with Gasteiger partial charge in [-0.05, 0) is 48.1 Å². The zero-order chi connectivity index (χ0) is 16.1. The Kier molecular flexibility index (Phi) is 6.26. The molecular weight excluding hydrogens is 292 g/mol. The first-order chi connectivity index (χ1) is 10.5. The lowest BCUT2D eigenvalue weighted by molar-refractivity contribution is 0.265. The second-order valence-corrected chi connectivity index (χ2v) is 7.47. The molecule has 0 amide bonds. The monoisotopic (exact) mass is 322 g/mol. The smallest absolute Gasteiger partial charge is 0.191 e. The van der Waals surface area contributed by atoms with Gasteiger partial charge in [-0.25, -0.2) is 0 Å². The van der Waals surface area contributed by atoms with E-state index in [1.807, 2.05) is 7.05 Å². The lowest BCUT2D eigenvalue weighted by Gasteiger charge is -2.22. The first-order valence-corrected chi connectivity index (χ1v) is 9.18. The van der Waals surface area contributed by atoms with Gasteiger partial charge in [-0.3, -0.25) is 9.89 Å². The minimum Gasteiger partial charge on any atom is -0.356 e. The summed E-state index contributed by atoms with van der Waals surface area (Å²) in [6, 6.07) is 3.29. The average molecular weight is 323 g/mol. The molecule has 2 rings (SSSR count). The molecule has 0 aromatic carbocycles. The highest BCUT2D eigenvalue weighted by Crippen LogP contribution is 2.19. The fourth-order valence-electron chi connectivity index (χ4n) is 2.91. The molecule has 0 saturated carbocycles. The molecule has 0 radical (unpaired) electrons. The van der Waals surface area contributed by atoms with Crippen molar-refractivity contribution >= 4 is 17.3 Å². The van der Waals surface area contributed by atoms with Crippen LogP contribution < -0.4 is 10.6 Å². The van der Waals surface area contributed by atoms with Crippen molar-refractivity contribution in [1.29, 1.82) is 0 Å². The third kappa shape index (κ3) is 4.46. The summed E-state index contributed by atoms with van der Waals surface area (Å²) in [6.07, 6.45) is 0. The van der Waals surface area contributed by atoms with Crippen LogP contribution in [0.25, 0.3) is 0 Å². The molecule has 3 unspecified atom stereocenters. The largest absolute Gasteiger partial charge is 0.356 e. The van der Waals surface area contributed by atoms with Crippen molar-refractivity contribution < 1.29 is 0 Å². The molecule has 0 aliphatic carbocycles. The molecule has 3 atom stereocenters. The Morgan fingerprint density at radius 3 is 2.73 bits per heavy atom. The van der Waals surface area contributed by atoms with Gasteiger partial charge >= 0.3 is 0 Å². The van der Waals surface area contributed by atoms with Crippen LogP contribution >= 0.6 is 11.3 Å². The van der Waals surface area contributed by atoms with E-state index in [2.05, 4.69) is 65.0 Å². The topological polar surface area (TPSA) is 39.7 Å². The summed E-state index contributed by atoms with van der Waals surface area (Å²) in [5, 5.41) is 11.4. The molecule has 2 N–H and O–H groups in total. The lowest BCUT2D eigenvalue weighted by atomic mass is 10.1. The van der Waals surface area contributed by atoms with Gasteiger partial charge in [0, 0.05) is 38.8 Å². The van der Waals surface area contributed by atoms with Gasteiger partial charge in [0.1, 0.15) is 0 Å². The van der Waals surface area contributed by atoms with Crippen molar-refractivity contribution in [2.45, 2.75) is 45.7 Å². The highest BCUT2D eigenvalue weighted by atomic mass is 32.1. The Balaban J connectivity index is 1.83. The minimum absolute atomic E-state index is 0.477. The third-order valence-electron chi connectivity index (χ3n) is 4.60. The summed E-state index contributed by atoms with van der Waals surface area (Å²) in [4.78, 5) is 6.92.